The summed E-state index contributed by atoms with van der Waals surface area (Å²) < 4.78 is 1.34. The van der Waals surface area contributed by atoms with Crippen molar-refractivity contribution >= 4 is 23.3 Å². The van der Waals surface area contributed by atoms with E-state index in [1.54, 1.807) is 18.3 Å². The van der Waals surface area contributed by atoms with E-state index >= 15 is 0 Å². The van der Waals surface area contributed by atoms with Gasteiger partial charge in [-0.05, 0) is 24.6 Å². The lowest BCUT2D eigenvalue weighted by atomic mass is 10.2. The van der Waals surface area contributed by atoms with E-state index in [1.165, 1.54) is 17.1 Å². The van der Waals surface area contributed by atoms with E-state index in [2.05, 4.69) is 10.3 Å². The topological polar surface area (TPSA) is 46.9 Å². The van der Waals surface area contributed by atoms with Gasteiger partial charge in [0.1, 0.15) is 6.33 Å². The Bertz CT molecular complexity index is 508. The van der Waals surface area contributed by atoms with Crippen molar-refractivity contribution in [1.29, 1.82) is 0 Å². The van der Waals surface area contributed by atoms with Gasteiger partial charge in [-0.25, -0.2) is 9.78 Å². The van der Waals surface area contributed by atoms with Crippen molar-refractivity contribution in [2.24, 2.45) is 0 Å². The first kappa shape index (κ1) is 10.7. The van der Waals surface area contributed by atoms with Crippen LogP contribution in [0.4, 0.5) is 10.5 Å². The van der Waals surface area contributed by atoms with Gasteiger partial charge < -0.3 is 5.32 Å². The fourth-order valence-electron chi connectivity index (χ4n) is 1.28. The second kappa shape index (κ2) is 4.37. The molecule has 1 N–H and O–H groups in total. The molecule has 1 aromatic carbocycles. The van der Waals surface area contributed by atoms with E-state index in [0.29, 0.717) is 10.7 Å². The van der Waals surface area contributed by atoms with E-state index < -0.39 is 0 Å². The number of carbonyl (C=O) groups is 1. The van der Waals surface area contributed by atoms with Crippen LogP contribution in [0.25, 0.3) is 0 Å². The summed E-state index contributed by atoms with van der Waals surface area (Å²) in [6.07, 6.45) is 4.53. The largest absolute Gasteiger partial charge is 0.331 e. The Hall–Kier alpha value is -1.81. The SMILES string of the molecule is Cc1ccc(NC(=O)n2ccnc2)c(Cl)c1. The number of rotatable bonds is 1. The van der Waals surface area contributed by atoms with Gasteiger partial charge in [0.05, 0.1) is 10.7 Å². The fraction of sp³-hybridized carbons (Fsp3) is 0.0909. The smallest absolute Gasteiger partial charge is 0.306 e. The lowest BCUT2D eigenvalue weighted by Gasteiger charge is -2.07. The van der Waals surface area contributed by atoms with Crippen LogP contribution < -0.4 is 5.32 Å². The normalized spacial score (nSPS) is 10.1. The molecule has 1 heterocycles. The molecule has 82 valence electrons. The highest BCUT2D eigenvalue weighted by Crippen LogP contribution is 2.22. The minimum atomic E-state index is -0.289. The zero-order valence-electron chi connectivity index (χ0n) is 8.64. The first-order valence-corrected chi connectivity index (χ1v) is 5.10. The zero-order chi connectivity index (χ0) is 11.5. The number of hydrogen-bond acceptors (Lipinski definition) is 2. The standard InChI is InChI=1S/C11H10ClN3O/c1-8-2-3-10(9(12)6-8)14-11(16)15-5-4-13-7-15/h2-7H,1H3,(H,14,16). The van der Waals surface area contributed by atoms with Crippen LogP contribution in [0.1, 0.15) is 5.56 Å². The molecule has 4 nitrogen and oxygen atoms in total. The van der Waals surface area contributed by atoms with E-state index in [9.17, 15) is 4.79 Å². The number of amides is 1. The van der Waals surface area contributed by atoms with E-state index in [1.807, 2.05) is 13.0 Å². The maximum Gasteiger partial charge on any atom is 0.331 e. The molecule has 16 heavy (non-hydrogen) atoms. The van der Waals surface area contributed by atoms with Crippen LogP contribution in [0.15, 0.2) is 36.9 Å². The van der Waals surface area contributed by atoms with Crippen LogP contribution >= 0.6 is 11.6 Å². The van der Waals surface area contributed by atoms with Crippen molar-refractivity contribution < 1.29 is 4.79 Å². The van der Waals surface area contributed by atoms with Crippen molar-refractivity contribution in [2.75, 3.05) is 5.32 Å². The lowest BCUT2D eigenvalue weighted by Crippen LogP contribution is -2.17. The second-order valence-electron chi connectivity index (χ2n) is 3.38. The quantitative estimate of drug-likeness (QED) is 0.826. The molecule has 0 aliphatic heterocycles. The number of anilines is 1. The molecule has 0 saturated heterocycles. The first-order valence-electron chi connectivity index (χ1n) is 4.72. The number of nitrogens with zero attached hydrogens (tertiary/aromatic N) is 2. The van der Waals surface area contributed by atoms with Crippen LogP contribution in [0.5, 0.6) is 0 Å². The van der Waals surface area contributed by atoms with Crippen LogP contribution in [0.3, 0.4) is 0 Å². The summed E-state index contributed by atoms with van der Waals surface area (Å²) >= 11 is 6.00. The van der Waals surface area contributed by atoms with E-state index in [4.69, 9.17) is 11.6 Å². The number of nitrogens with one attached hydrogen (secondary N) is 1. The number of carbonyl (C=O) groups excluding carboxylic acids is 1. The Morgan fingerprint density at radius 3 is 2.94 bits per heavy atom. The number of benzene rings is 1. The van der Waals surface area contributed by atoms with Gasteiger partial charge in [-0.3, -0.25) is 4.57 Å². The molecule has 0 unspecified atom stereocenters. The number of aromatic nitrogens is 2. The summed E-state index contributed by atoms with van der Waals surface area (Å²) in [5.74, 6) is 0. The van der Waals surface area contributed by atoms with Gasteiger partial charge in [-0.2, -0.15) is 0 Å². The maximum absolute atomic E-state index is 11.7. The molecule has 0 aliphatic rings. The summed E-state index contributed by atoms with van der Waals surface area (Å²) in [6, 6.07) is 5.16. The molecule has 0 fully saturated rings. The minimum Gasteiger partial charge on any atom is -0.306 e. The summed E-state index contributed by atoms with van der Waals surface area (Å²) in [4.78, 5) is 15.5. The van der Waals surface area contributed by atoms with Crippen molar-refractivity contribution in [2.45, 2.75) is 6.92 Å². The number of imidazole rings is 1. The maximum atomic E-state index is 11.7. The average molecular weight is 236 g/mol. The highest BCUT2D eigenvalue weighted by atomic mass is 35.5. The van der Waals surface area contributed by atoms with Gasteiger partial charge in [0.25, 0.3) is 0 Å². The second-order valence-corrected chi connectivity index (χ2v) is 3.79. The monoisotopic (exact) mass is 235 g/mol. The molecule has 0 atom stereocenters. The minimum absolute atomic E-state index is 0.289. The summed E-state index contributed by atoms with van der Waals surface area (Å²) in [5, 5.41) is 3.21. The Balaban J connectivity index is 2.18. The Kier molecular flexibility index (Phi) is 2.92. The Morgan fingerprint density at radius 2 is 2.31 bits per heavy atom. The van der Waals surface area contributed by atoms with Crippen LogP contribution in [-0.4, -0.2) is 15.6 Å². The number of halogens is 1. The van der Waals surface area contributed by atoms with Gasteiger partial charge in [-0.15, -0.1) is 0 Å². The summed E-state index contributed by atoms with van der Waals surface area (Å²) in [5.41, 5.74) is 1.64. The predicted molar refractivity (Wildman–Crippen MR) is 62.8 cm³/mol. The molecule has 1 aromatic heterocycles. The first-order chi connectivity index (χ1) is 7.66. The van der Waals surface area contributed by atoms with E-state index in [-0.39, 0.29) is 6.03 Å². The zero-order valence-corrected chi connectivity index (χ0v) is 9.40. The van der Waals surface area contributed by atoms with Crippen molar-refractivity contribution in [1.82, 2.24) is 9.55 Å². The molecule has 0 aliphatic carbocycles. The molecular formula is C11H10ClN3O. The van der Waals surface area contributed by atoms with Crippen LogP contribution in [-0.2, 0) is 0 Å². The highest BCUT2D eigenvalue weighted by molar-refractivity contribution is 6.33. The summed E-state index contributed by atoms with van der Waals surface area (Å²) in [6.45, 7) is 1.94. The molecule has 2 rings (SSSR count). The molecule has 0 bridgehead atoms. The van der Waals surface area contributed by atoms with Gasteiger partial charge >= 0.3 is 6.03 Å². The van der Waals surface area contributed by atoms with Gasteiger partial charge in [0.2, 0.25) is 0 Å². The third-order valence-electron chi connectivity index (χ3n) is 2.11. The van der Waals surface area contributed by atoms with Crippen molar-refractivity contribution in [3.8, 4) is 0 Å². The van der Waals surface area contributed by atoms with Crippen molar-refractivity contribution in [3.63, 3.8) is 0 Å². The Labute approximate surface area is 97.9 Å². The molecule has 0 radical (unpaired) electrons. The molecule has 0 spiro atoms. The van der Waals surface area contributed by atoms with E-state index in [0.717, 1.165) is 5.56 Å². The molecular weight excluding hydrogens is 226 g/mol. The van der Waals surface area contributed by atoms with Gasteiger partial charge in [0.15, 0.2) is 0 Å². The third-order valence-corrected chi connectivity index (χ3v) is 2.42. The molecule has 0 saturated carbocycles. The predicted octanol–water partition coefficient (Wildman–Crippen LogP) is 2.93. The lowest BCUT2D eigenvalue weighted by molar-refractivity contribution is 0.253. The number of hydrogen-bond donors (Lipinski definition) is 1. The molecule has 2 aromatic rings. The fourth-order valence-corrected chi connectivity index (χ4v) is 1.56. The molecule has 5 heteroatoms. The van der Waals surface area contributed by atoms with Crippen LogP contribution in [0, 0.1) is 6.92 Å². The van der Waals surface area contributed by atoms with Gasteiger partial charge in [-0.1, -0.05) is 17.7 Å². The van der Waals surface area contributed by atoms with Gasteiger partial charge in [0, 0.05) is 12.4 Å². The number of aryl methyl sites for hydroxylation is 1. The highest BCUT2D eigenvalue weighted by Gasteiger charge is 2.06. The Morgan fingerprint density at radius 1 is 1.50 bits per heavy atom. The average Bonchev–Trinajstić information content (AvgIpc) is 2.75. The third kappa shape index (κ3) is 2.23. The summed E-state index contributed by atoms with van der Waals surface area (Å²) in [7, 11) is 0. The van der Waals surface area contributed by atoms with Crippen molar-refractivity contribution in [3.05, 3.63) is 47.5 Å². The van der Waals surface area contributed by atoms with Crippen LogP contribution in [0.2, 0.25) is 5.02 Å². The molecule has 1 amide bonds.